The summed E-state index contributed by atoms with van der Waals surface area (Å²) in [6, 6.07) is 0. The number of nitrogens with two attached hydrogens (primary N) is 1. The van der Waals surface area contributed by atoms with E-state index in [1.165, 1.54) is 36.8 Å². The SMILES string of the molecule is Nn1cnnc1SCCC1CCCNC1. The molecule has 1 aromatic rings. The summed E-state index contributed by atoms with van der Waals surface area (Å²) in [6.07, 6.45) is 5.42. The molecule has 0 saturated carbocycles. The third-order valence-electron chi connectivity index (χ3n) is 2.70. The molecular weight excluding hydrogens is 210 g/mol. The molecule has 1 aliphatic heterocycles. The number of nitrogens with one attached hydrogen (secondary N) is 1. The first kappa shape index (κ1) is 10.8. The Bertz CT molecular complexity index is 294. The van der Waals surface area contributed by atoms with Crippen molar-refractivity contribution in [3.63, 3.8) is 0 Å². The van der Waals surface area contributed by atoms with Crippen LogP contribution in [0.2, 0.25) is 0 Å². The van der Waals surface area contributed by atoms with Crippen LogP contribution >= 0.6 is 11.8 Å². The summed E-state index contributed by atoms with van der Waals surface area (Å²) in [6.45, 7) is 2.34. The van der Waals surface area contributed by atoms with Crippen molar-refractivity contribution in [2.75, 3.05) is 24.7 Å². The molecule has 0 bridgehead atoms. The third-order valence-corrected chi connectivity index (χ3v) is 3.69. The summed E-state index contributed by atoms with van der Waals surface area (Å²) in [5.41, 5.74) is 0. The fourth-order valence-corrected chi connectivity index (χ4v) is 2.76. The van der Waals surface area contributed by atoms with Crippen molar-refractivity contribution >= 4 is 11.8 Å². The Balaban J connectivity index is 1.68. The molecule has 1 atom stereocenters. The van der Waals surface area contributed by atoms with Gasteiger partial charge in [-0.05, 0) is 38.3 Å². The van der Waals surface area contributed by atoms with Gasteiger partial charge in [-0.15, -0.1) is 10.2 Å². The number of nitrogens with zero attached hydrogens (tertiary/aromatic N) is 3. The van der Waals surface area contributed by atoms with E-state index in [1.807, 2.05) is 0 Å². The van der Waals surface area contributed by atoms with E-state index in [1.54, 1.807) is 11.8 Å². The van der Waals surface area contributed by atoms with E-state index in [4.69, 9.17) is 5.84 Å². The van der Waals surface area contributed by atoms with Crippen LogP contribution in [0.15, 0.2) is 11.5 Å². The van der Waals surface area contributed by atoms with E-state index in [-0.39, 0.29) is 0 Å². The number of rotatable bonds is 4. The molecule has 1 fully saturated rings. The first-order valence-electron chi connectivity index (χ1n) is 5.35. The van der Waals surface area contributed by atoms with Crippen molar-refractivity contribution in [2.24, 2.45) is 5.92 Å². The number of nitrogen functional groups attached to an aromatic ring is 1. The van der Waals surface area contributed by atoms with Crippen molar-refractivity contribution in [3.8, 4) is 0 Å². The van der Waals surface area contributed by atoms with Crippen molar-refractivity contribution in [2.45, 2.75) is 24.4 Å². The molecule has 3 N–H and O–H groups in total. The van der Waals surface area contributed by atoms with Crippen LogP contribution in [0, 0.1) is 5.92 Å². The Kier molecular flexibility index (Phi) is 3.85. The minimum Gasteiger partial charge on any atom is -0.336 e. The molecule has 6 heteroatoms. The highest BCUT2D eigenvalue weighted by atomic mass is 32.2. The number of hydrogen-bond donors (Lipinski definition) is 2. The third kappa shape index (κ3) is 3.10. The molecule has 5 nitrogen and oxygen atoms in total. The van der Waals surface area contributed by atoms with E-state index in [9.17, 15) is 0 Å². The number of thioether (sulfide) groups is 1. The second-order valence-electron chi connectivity index (χ2n) is 3.87. The number of aromatic nitrogens is 3. The summed E-state index contributed by atoms with van der Waals surface area (Å²) in [5.74, 6) is 7.51. The van der Waals surface area contributed by atoms with Gasteiger partial charge in [-0.2, -0.15) is 0 Å². The first-order valence-corrected chi connectivity index (χ1v) is 6.33. The van der Waals surface area contributed by atoms with Crippen LogP contribution in [0.3, 0.4) is 0 Å². The summed E-state index contributed by atoms with van der Waals surface area (Å²) in [5, 5.41) is 11.9. The fourth-order valence-electron chi connectivity index (χ4n) is 1.82. The second kappa shape index (κ2) is 5.37. The highest BCUT2D eigenvalue weighted by molar-refractivity contribution is 7.99. The molecule has 0 aliphatic carbocycles. The van der Waals surface area contributed by atoms with Crippen LogP contribution in [-0.2, 0) is 0 Å². The maximum Gasteiger partial charge on any atom is 0.209 e. The van der Waals surface area contributed by atoms with Gasteiger partial charge in [-0.1, -0.05) is 11.8 Å². The fraction of sp³-hybridized carbons (Fsp3) is 0.778. The highest BCUT2D eigenvalue weighted by Crippen LogP contribution is 2.20. The summed E-state index contributed by atoms with van der Waals surface area (Å²) in [4.78, 5) is 0. The topological polar surface area (TPSA) is 68.8 Å². The molecule has 1 saturated heterocycles. The number of hydrogen-bond acceptors (Lipinski definition) is 5. The van der Waals surface area contributed by atoms with Crippen LogP contribution in [-0.4, -0.2) is 33.7 Å². The normalized spacial score (nSPS) is 21.7. The lowest BCUT2D eigenvalue weighted by Crippen LogP contribution is -2.30. The van der Waals surface area contributed by atoms with Gasteiger partial charge in [0.1, 0.15) is 6.33 Å². The van der Waals surface area contributed by atoms with Crippen LogP contribution in [0.5, 0.6) is 0 Å². The minimum absolute atomic E-state index is 0.804. The van der Waals surface area contributed by atoms with Crippen molar-refractivity contribution in [1.82, 2.24) is 20.2 Å². The maximum absolute atomic E-state index is 5.62. The molecule has 0 aromatic carbocycles. The average Bonchev–Trinajstić information content (AvgIpc) is 2.66. The summed E-state index contributed by atoms with van der Waals surface area (Å²) in [7, 11) is 0. The van der Waals surface area contributed by atoms with E-state index in [0.717, 1.165) is 23.4 Å². The maximum atomic E-state index is 5.62. The average molecular weight is 227 g/mol. The summed E-state index contributed by atoms with van der Waals surface area (Å²) >= 11 is 1.68. The standard InChI is InChI=1S/C9H17N5S/c10-14-7-12-13-9(14)15-5-3-8-2-1-4-11-6-8/h7-8,11H,1-6,10H2. The van der Waals surface area contributed by atoms with Gasteiger partial charge < -0.3 is 11.2 Å². The zero-order chi connectivity index (χ0) is 10.5. The van der Waals surface area contributed by atoms with Gasteiger partial charge in [0, 0.05) is 5.75 Å². The predicted molar refractivity (Wildman–Crippen MR) is 61.1 cm³/mol. The molecule has 1 aliphatic rings. The van der Waals surface area contributed by atoms with E-state index in [0.29, 0.717) is 0 Å². The van der Waals surface area contributed by atoms with Crippen LogP contribution < -0.4 is 11.2 Å². The van der Waals surface area contributed by atoms with Crippen LogP contribution in [0.1, 0.15) is 19.3 Å². The van der Waals surface area contributed by atoms with Gasteiger partial charge in [0.15, 0.2) is 0 Å². The van der Waals surface area contributed by atoms with Gasteiger partial charge >= 0.3 is 0 Å². The Morgan fingerprint density at radius 3 is 3.27 bits per heavy atom. The van der Waals surface area contributed by atoms with Gasteiger partial charge in [0.25, 0.3) is 0 Å². The van der Waals surface area contributed by atoms with Crippen molar-refractivity contribution in [3.05, 3.63) is 6.33 Å². The van der Waals surface area contributed by atoms with E-state index < -0.39 is 0 Å². The first-order chi connectivity index (χ1) is 7.36. The zero-order valence-corrected chi connectivity index (χ0v) is 9.54. The van der Waals surface area contributed by atoms with Crippen LogP contribution in [0.4, 0.5) is 0 Å². The molecule has 2 heterocycles. The molecule has 15 heavy (non-hydrogen) atoms. The highest BCUT2D eigenvalue weighted by Gasteiger charge is 2.13. The van der Waals surface area contributed by atoms with Crippen LogP contribution in [0.25, 0.3) is 0 Å². The zero-order valence-electron chi connectivity index (χ0n) is 8.72. The molecule has 1 aromatic heterocycles. The smallest absolute Gasteiger partial charge is 0.209 e. The Hall–Kier alpha value is -0.750. The molecule has 1 unspecified atom stereocenters. The lowest BCUT2D eigenvalue weighted by molar-refractivity contribution is 0.371. The largest absolute Gasteiger partial charge is 0.336 e. The molecule has 0 spiro atoms. The Labute approximate surface area is 93.8 Å². The van der Waals surface area contributed by atoms with Gasteiger partial charge in [-0.3, -0.25) is 0 Å². The molecular formula is C9H17N5S. The molecule has 84 valence electrons. The minimum atomic E-state index is 0.804. The number of piperidine rings is 1. The molecule has 0 amide bonds. The Morgan fingerprint density at radius 1 is 1.67 bits per heavy atom. The van der Waals surface area contributed by atoms with Crippen molar-refractivity contribution in [1.29, 1.82) is 0 Å². The van der Waals surface area contributed by atoms with Gasteiger partial charge in [0.2, 0.25) is 5.16 Å². The van der Waals surface area contributed by atoms with Gasteiger partial charge in [-0.25, -0.2) is 4.68 Å². The van der Waals surface area contributed by atoms with E-state index >= 15 is 0 Å². The van der Waals surface area contributed by atoms with E-state index in [2.05, 4.69) is 15.5 Å². The Morgan fingerprint density at radius 2 is 2.60 bits per heavy atom. The molecule has 0 radical (unpaired) electrons. The quantitative estimate of drug-likeness (QED) is 0.578. The second-order valence-corrected chi connectivity index (χ2v) is 4.93. The molecule has 2 rings (SSSR count). The lowest BCUT2D eigenvalue weighted by atomic mass is 9.97. The van der Waals surface area contributed by atoms with Crippen molar-refractivity contribution < 1.29 is 0 Å². The van der Waals surface area contributed by atoms with Gasteiger partial charge in [0.05, 0.1) is 0 Å². The monoisotopic (exact) mass is 227 g/mol. The summed E-state index contributed by atoms with van der Waals surface area (Å²) < 4.78 is 1.48. The predicted octanol–water partition coefficient (Wildman–Crippen LogP) is 0.474. The lowest BCUT2D eigenvalue weighted by Gasteiger charge is -2.22.